The zero-order chi connectivity index (χ0) is 16.3. The molecule has 1 amide bonds. The number of benzene rings is 1. The SMILES string of the molecule is CCc1ccc(C(C)NC(=O)c2ccc(S(N)(=O)=O)o2)cc1. The van der Waals surface area contributed by atoms with E-state index in [0.29, 0.717) is 0 Å². The van der Waals surface area contributed by atoms with E-state index in [2.05, 4.69) is 12.2 Å². The van der Waals surface area contributed by atoms with Crippen molar-refractivity contribution in [2.45, 2.75) is 31.4 Å². The van der Waals surface area contributed by atoms with E-state index in [-0.39, 0.29) is 11.8 Å². The number of amides is 1. The first-order valence-corrected chi connectivity index (χ1v) is 8.38. The maximum absolute atomic E-state index is 12.1. The van der Waals surface area contributed by atoms with Crippen molar-refractivity contribution in [2.75, 3.05) is 0 Å². The van der Waals surface area contributed by atoms with Crippen LogP contribution in [0.25, 0.3) is 0 Å². The van der Waals surface area contributed by atoms with Gasteiger partial charge in [0.1, 0.15) is 0 Å². The Hall–Kier alpha value is -2.12. The standard InChI is InChI=1S/C15H18N2O4S/c1-3-11-4-6-12(7-5-11)10(2)17-15(18)13-8-9-14(21-13)22(16,19)20/h4-10H,3H2,1-2H3,(H,17,18)(H2,16,19,20). The van der Waals surface area contributed by atoms with Gasteiger partial charge in [-0.3, -0.25) is 4.79 Å². The smallest absolute Gasteiger partial charge is 0.287 e. The van der Waals surface area contributed by atoms with E-state index in [1.165, 1.54) is 11.6 Å². The summed E-state index contributed by atoms with van der Waals surface area (Å²) in [7, 11) is -3.95. The van der Waals surface area contributed by atoms with Gasteiger partial charge in [-0.2, -0.15) is 0 Å². The Bertz CT molecular complexity index is 763. The van der Waals surface area contributed by atoms with Crippen molar-refractivity contribution in [1.29, 1.82) is 0 Å². The van der Waals surface area contributed by atoms with Gasteiger partial charge < -0.3 is 9.73 Å². The molecule has 2 rings (SSSR count). The minimum Gasteiger partial charge on any atom is -0.438 e. The fourth-order valence-corrected chi connectivity index (χ4v) is 2.45. The Balaban J connectivity index is 2.09. The van der Waals surface area contributed by atoms with Crippen LogP contribution in [0, 0.1) is 0 Å². The fraction of sp³-hybridized carbons (Fsp3) is 0.267. The Morgan fingerprint density at radius 1 is 1.23 bits per heavy atom. The van der Waals surface area contributed by atoms with Crippen LogP contribution in [0.5, 0.6) is 0 Å². The molecule has 0 spiro atoms. The number of nitrogens with one attached hydrogen (secondary N) is 1. The third-order valence-electron chi connectivity index (χ3n) is 3.32. The molecule has 0 aliphatic carbocycles. The predicted molar refractivity (Wildman–Crippen MR) is 81.8 cm³/mol. The molecule has 0 aliphatic heterocycles. The molecule has 7 heteroatoms. The van der Waals surface area contributed by atoms with Gasteiger partial charge in [-0.15, -0.1) is 0 Å². The van der Waals surface area contributed by atoms with Crippen LogP contribution in [0.4, 0.5) is 0 Å². The lowest BCUT2D eigenvalue weighted by Crippen LogP contribution is -2.26. The molecule has 118 valence electrons. The van der Waals surface area contributed by atoms with Crippen LogP contribution in [-0.4, -0.2) is 14.3 Å². The van der Waals surface area contributed by atoms with Gasteiger partial charge in [-0.25, -0.2) is 13.6 Å². The summed E-state index contributed by atoms with van der Waals surface area (Å²) in [5, 5.41) is 7.25. The van der Waals surface area contributed by atoms with Gasteiger partial charge in [0, 0.05) is 0 Å². The summed E-state index contributed by atoms with van der Waals surface area (Å²) in [6.07, 6.45) is 0.948. The van der Waals surface area contributed by atoms with E-state index >= 15 is 0 Å². The lowest BCUT2D eigenvalue weighted by Gasteiger charge is -2.13. The average molecular weight is 322 g/mol. The molecule has 0 radical (unpaired) electrons. The first-order chi connectivity index (χ1) is 10.3. The second-order valence-corrected chi connectivity index (χ2v) is 6.45. The van der Waals surface area contributed by atoms with Crippen molar-refractivity contribution in [3.8, 4) is 0 Å². The number of aryl methyl sites for hydroxylation is 1. The average Bonchev–Trinajstić information content (AvgIpc) is 2.97. The van der Waals surface area contributed by atoms with Gasteiger partial charge in [-0.05, 0) is 36.6 Å². The van der Waals surface area contributed by atoms with E-state index in [0.717, 1.165) is 18.1 Å². The Labute approximate surface area is 129 Å². The molecule has 0 saturated heterocycles. The molecule has 22 heavy (non-hydrogen) atoms. The summed E-state index contributed by atoms with van der Waals surface area (Å²) < 4.78 is 27.2. The number of carbonyl (C=O) groups is 1. The van der Waals surface area contributed by atoms with E-state index < -0.39 is 21.0 Å². The number of primary sulfonamides is 1. The monoisotopic (exact) mass is 322 g/mol. The van der Waals surface area contributed by atoms with Crippen LogP contribution < -0.4 is 10.5 Å². The lowest BCUT2D eigenvalue weighted by molar-refractivity contribution is 0.0906. The van der Waals surface area contributed by atoms with E-state index in [1.54, 1.807) is 0 Å². The van der Waals surface area contributed by atoms with Crippen LogP contribution in [0.1, 0.15) is 41.6 Å². The number of hydrogen-bond donors (Lipinski definition) is 2. The zero-order valence-electron chi connectivity index (χ0n) is 12.4. The maximum Gasteiger partial charge on any atom is 0.287 e. The van der Waals surface area contributed by atoms with E-state index in [1.807, 2.05) is 31.2 Å². The summed E-state index contributed by atoms with van der Waals surface area (Å²) in [6.45, 7) is 3.91. The highest BCUT2D eigenvalue weighted by Crippen LogP contribution is 2.16. The topological polar surface area (TPSA) is 102 Å². The van der Waals surface area contributed by atoms with Crippen molar-refractivity contribution < 1.29 is 17.6 Å². The first-order valence-electron chi connectivity index (χ1n) is 6.83. The number of rotatable bonds is 5. The van der Waals surface area contributed by atoms with Crippen LogP contribution >= 0.6 is 0 Å². The third kappa shape index (κ3) is 3.75. The summed E-state index contributed by atoms with van der Waals surface area (Å²) in [5.41, 5.74) is 2.16. The molecular formula is C15H18N2O4S. The molecule has 1 aromatic heterocycles. The second kappa shape index (κ2) is 6.33. The van der Waals surface area contributed by atoms with Crippen molar-refractivity contribution in [3.63, 3.8) is 0 Å². The van der Waals surface area contributed by atoms with Gasteiger partial charge in [0.2, 0.25) is 5.09 Å². The molecule has 1 atom stereocenters. The first kappa shape index (κ1) is 16.3. The van der Waals surface area contributed by atoms with Crippen molar-refractivity contribution in [3.05, 3.63) is 53.3 Å². The highest BCUT2D eigenvalue weighted by Gasteiger charge is 2.19. The summed E-state index contributed by atoms with van der Waals surface area (Å²) in [4.78, 5) is 12.1. The molecule has 1 aromatic carbocycles. The van der Waals surface area contributed by atoms with Crippen LogP contribution in [-0.2, 0) is 16.4 Å². The highest BCUT2D eigenvalue weighted by atomic mass is 32.2. The highest BCUT2D eigenvalue weighted by molar-refractivity contribution is 7.89. The van der Waals surface area contributed by atoms with Crippen LogP contribution in [0.3, 0.4) is 0 Å². The Kier molecular flexibility index (Phi) is 4.68. The van der Waals surface area contributed by atoms with Crippen molar-refractivity contribution in [2.24, 2.45) is 5.14 Å². The van der Waals surface area contributed by atoms with Crippen LogP contribution in [0.2, 0.25) is 0 Å². The minimum absolute atomic E-state index is 0.0962. The van der Waals surface area contributed by atoms with Gasteiger partial charge >= 0.3 is 0 Å². The number of furan rings is 1. The van der Waals surface area contributed by atoms with Crippen molar-refractivity contribution >= 4 is 15.9 Å². The minimum atomic E-state index is -3.95. The molecule has 0 fully saturated rings. The Morgan fingerprint density at radius 2 is 1.86 bits per heavy atom. The summed E-state index contributed by atoms with van der Waals surface area (Å²) >= 11 is 0. The number of sulfonamides is 1. The van der Waals surface area contributed by atoms with Gasteiger partial charge in [0.25, 0.3) is 15.9 Å². The normalized spacial score (nSPS) is 12.9. The second-order valence-electron chi connectivity index (χ2n) is 4.95. The number of hydrogen-bond acceptors (Lipinski definition) is 4. The van der Waals surface area contributed by atoms with Gasteiger partial charge in [-0.1, -0.05) is 31.2 Å². The number of carbonyl (C=O) groups excluding carboxylic acids is 1. The molecule has 0 bridgehead atoms. The number of nitrogens with two attached hydrogens (primary N) is 1. The van der Waals surface area contributed by atoms with Gasteiger partial charge in [0.15, 0.2) is 5.76 Å². The molecule has 1 heterocycles. The molecule has 0 saturated carbocycles. The predicted octanol–water partition coefficient (Wildman–Crippen LogP) is 1.98. The lowest BCUT2D eigenvalue weighted by atomic mass is 10.0. The van der Waals surface area contributed by atoms with E-state index in [9.17, 15) is 13.2 Å². The largest absolute Gasteiger partial charge is 0.438 e. The van der Waals surface area contributed by atoms with Gasteiger partial charge in [0.05, 0.1) is 6.04 Å². The molecule has 1 unspecified atom stereocenters. The quantitative estimate of drug-likeness (QED) is 0.878. The Morgan fingerprint density at radius 3 is 2.36 bits per heavy atom. The molecule has 6 nitrogen and oxygen atoms in total. The zero-order valence-corrected chi connectivity index (χ0v) is 13.2. The maximum atomic E-state index is 12.1. The molecular weight excluding hydrogens is 304 g/mol. The van der Waals surface area contributed by atoms with Crippen LogP contribution in [0.15, 0.2) is 45.9 Å². The van der Waals surface area contributed by atoms with Crippen molar-refractivity contribution in [1.82, 2.24) is 5.32 Å². The summed E-state index contributed by atoms with van der Waals surface area (Å²) in [5.74, 6) is -0.594. The third-order valence-corrected chi connectivity index (χ3v) is 4.10. The molecule has 3 N–H and O–H groups in total. The molecule has 0 aliphatic rings. The van der Waals surface area contributed by atoms with E-state index in [4.69, 9.17) is 9.56 Å². The molecule has 2 aromatic rings. The summed E-state index contributed by atoms with van der Waals surface area (Å²) in [6, 6.07) is 10.1. The fourth-order valence-electron chi connectivity index (χ4n) is 1.99.